The average molecular weight is 249 g/mol. The molecule has 0 aliphatic rings. The minimum absolute atomic E-state index is 0.158. The molecule has 1 N–H and O–H groups in total. The average Bonchev–Trinajstić information content (AvgIpc) is 2.31. The van der Waals surface area contributed by atoms with Crippen LogP contribution in [0.1, 0.15) is 37.2 Å². The van der Waals surface area contributed by atoms with Crippen LogP contribution in [0.3, 0.4) is 0 Å². The van der Waals surface area contributed by atoms with Gasteiger partial charge < -0.3 is 5.11 Å². The van der Waals surface area contributed by atoms with Gasteiger partial charge in [0.25, 0.3) is 5.56 Å². The molecule has 0 atom stereocenters. The van der Waals surface area contributed by atoms with Crippen LogP contribution in [0.4, 0.5) is 0 Å². The standard InChI is InChI=1S/C12H15N3O3/c1-12(2,8-13)6-3-7-15-10(16)5-4-9(14-15)11(17)18/h4-5H,3,6-7H2,1-2H3,(H,17,18). The topological polar surface area (TPSA) is 96.0 Å². The van der Waals surface area contributed by atoms with Crippen molar-refractivity contribution in [3.63, 3.8) is 0 Å². The second-order valence-electron chi connectivity index (χ2n) is 4.68. The number of rotatable bonds is 5. The number of aromatic carboxylic acids is 1. The smallest absolute Gasteiger partial charge is 0.356 e. The predicted molar refractivity (Wildman–Crippen MR) is 64.1 cm³/mol. The number of hydrogen-bond acceptors (Lipinski definition) is 4. The molecule has 1 heterocycles. The highest BCUT2D eigenvalue weighted by atomic mass is 16.4. The summed E-state index contributed by atoms with van der Waals surface area (Å²) in [5, 5.41) is 21.4. The first-order valence-corrected chi connectivity index (χ1v) is 5.58. The summed E-state index contributed by atoms with van der Waals surface area (Å²) in [5.74, 6) is -1.17. The third-order valence-electron chi connectivity index (χ3n) is 2.56. The molecule has 0 unspecified atom stereocenters. The molecule has 0 bridgehead atoms. The van der Waals surface area contributed by atoms with E-state index in [1.54, 1.807) is 0 Å². The molecule has 18 heavy (non-hydrogen) atoms. The Morgan fingerprint density at radius 2 is 2.22 bits per heavy atom. The predicted octanol–water partition coefficient (Wildman–Crippen LogP) is 1.27. The maximum Gasteiger partial charge on any atom is 0.356 e. The zero-order valence-corrected chi connectivity index (χ0v) is 10.4. The van der Waals surface area contributed by atoms with E-state index < -0.39 is 11.4 Å². The number of carboxylic acids is 1. The van der Waals surface area contributed by atoms with E-state index in [1.807, 2.05) is 13.8 Å². The minimum Gasteiger partial charge on any atom is -0.476 e. The lowest BCUT2D eigenvalue weighted by Gasteiger charge is -2.14. The molecule has 0 fully saturated rings. The molecule has 1 rings (SSSR count). The molecular weight excluding hydrogens is 234 g/mol. The Balaban J connectivity index is 2.74. The lowest BCUT2D eigenvalue weighted by molar-refractivity contribution is 0.0687. The van der Waals surface area contributed by atoms with Gasteiger partial charge in [-0.3, -0.25) is 4.79 Å². The Labute approximate surface area is 104 Å². The largest absolute Gasteiger partial charge is 0.476 e. The van der Waals surface area contributed by atoms with Crippen molar-refractivity contribution in [2.24, 2.45) is 5.41 Å². The highest BCUT2D eigenvalue weighted by Gasteiger charge is 2.16. The molecule has 1 aromatic heterocycles. The molecule has 96 valence electrons. The zero-order chi connectivity index (χ0) is 13.8. The molecular formula is C12H15N3O3. The van der Waals surface area contributed by atoms with Gasteiger partial charge in [0.05, 0.1) is 11.5 Å². The third kappa shape index (κ3) is 3.70. The van der Waals surface area contributed by atoms with E-state index in [0.29, 0.717) is 19.4 Å². The number of nitrogens with zero attached hydrogens (tertiary/aromatic N) is 3. The summed E-state index contributed by atoms with van der Waals surface area (Å²) in [4.78, 5) is 22.2. The first-order chi connectivity index (χ1) is 8.35. The highest BCUT2D eigenvalue weighted by molar-refractivity contribution is 5.84. The van der Waals surface area contributed by atoms with Gasteiger partial charge in [-0.25, -0.2) is 9.48 Å². The van der Waals surface area contributed by atoms with Crippen LogP contribution in [0.25, 0.3) is 0 Å². The van der Waals surface area contributed by atoms with Crippen molar-refractivity contribution < 1.29 is 9.90 Å². The summed E-state index contributed by atoms with van der Waals surface area (Å²) in [6.45, 7) is 3.94. The van der Waals surface area contributed by atoms with Crippen LogP contribution in [0, 0.1) is 16.7 Å². The summed E-state index contributed by atoms with van der Waals surface area (Å²) in [5.41, 5.74) is -0.947. The fraction of sp³-hybridized carbons (Fsp3) is 0.500. The van der Waals surface area contributed by atoms with Gasteiger partial charge in [-0.1, -0.05) is 0 Å². The monoisotopic (exact) mass is 249 g/mol. The van der Waals surface area contributed by atoms with Gasteiger partial charge in [0.15, 0.2) is 5.69 Å². The van der Waals surface area contributed by atoms with Gasteiger partial charge in [0, 0.05) is 12.6 Å². The molecule has 0 aromatic carbocycles. The molecule has 1 aromatic rings. The first kappa shape index (κ1) is 13.9. The fourth-order valence-electron chi connectivity index (χ4n) is 1.45. The molecule has 0 aliphatic heterocycles. The van der Waals surface area contributed by atoms with Gasteiger partial charge in [-0.05, 0) is 32.8 Å². The molecule has 0 aliphatic carbocycles. The molecule has 0 spiro atoms. The summed E-state index contributed by atoms with van der Waals surface area (Å²) in [6.07, 6.45) is 1.21. The highest BCUT2D eigenvalue weighted by Crippen LogP contribution is 2.20. The Bertz CT molecular complexity index is 540. The lowest BCUT2D eigenvalue weighted by atomic mass is 9.90. The van der Waals surface area contributed by atoms with Crippen molar-refractivity contribution in [1.82, 2.24) is 9.78 Å². The van der Waals surface area contributed by atoms with Crippen molar-refractivity contribution in [2.45, 2.75) is 33.2 Å². The zero-order valence-electron chi connectivity index (χ0n) is 10.4. The van der Waals surface area contributed by atoms with Gasteiger partial charge in [0.2, 0.25) is 0 Å². The van der Waals surface area contributed by atoms with Gasteiger partial charge >= 0.3 is 5.97 Å². The molecule has 0 radical (unpaired) electrons. The maximum absolute atomic E-state index is 11.5. The van der Waals surface area contributed by atoms with Crippen molar-refractivity contribution >= 4 is 5.97 Å². The first-order valence-electron chi connectivity index (χ1n) is 5.58. The number of hydrogen-bond donors (Lipinski definition) is 1. The fourth-order valence-corrected chi connectivity index (χ4v) is 1.45. The Morgan fingerprint density at radius 3 is 2.78 bits per heavy atom. The Morgan fingerprint density at radius 1 is 1.56 bits per heavy atom. The second kappa shape index (κ2) is 5.45. The molecule has 0 amide bonds. The van der Waals surface area contributed by atoms with E-state index in [4.69, 9.17) is 10.4 Å². The number of aromatic nitrogens is 2. The summed E-state index contributed by atoms with van der Waals surface area (Å²) in [6, 6.07) is 4.54. The van der Waals surface area contributed by atoms with Crippen LogP contribution >= 0.6 is 0 Å². The van der Waals surface area contributed by atoms with Gasteiger partial charge in [0.1, 0.15) is 0 Å². The lowest BCUT2D eigenvalue weighted by Crippen LogP contribution is -2.25. The van der Waals surface area contributed by atoms with E-state index in [0.717, 1.165) is 4.68 Å². The quantitative estimate of drug-likeness (QED) is 0.847. The van der Waals surface area contributed by atoms with E-state index in [-0.39, 0.29) is 11.3 Å². The summed E-state index contributed by atoms with van der Waals surface area (Å²) in [7, 11) is 0. The van der Waals surface area contributed by atoms with Crippen molar-refractivity contribution in [2.75, 3.05) is 0 Å². The normalized spacial score (nSPS) is 10.9. The molecule has 6 heteroatoms. The van der Waals surface area contributed by atoms with Crippen LogP contribution in [0.15, 0.2) is 16.9 Å². The second-order valence-corrected chi connectivity index (χ2v) is 4.68. The summed E-state index contributed by atoms with van der Waals surface area (Å²) >= 11 is 0. The number of nitriles is 1. The van der Waals surface area contributed by atoms with Crippen molar-refractivity contribution in [3.8, 4) is 6.07 Å². The van der Waals surface area contributed by atoms with Crippen LogP contribution in [0.5, 0.6) is 0 Å². The van der Waals surface area contributed by atoms with E-state index in [9.17, 15) is 9.59 Å². The molecule has 6 nitrogen and oxygen atoms in total. The van der Waals surface area contributed by atoms with Crippen LogP contribution < -0.4 is 5.56 Å². The Hall–Kier alpha value is -2.16. The van der Waals surface area contributed by atoms with E-state index >= 15 is 0 Å². The maximum atomic E-state index is 11.5. The number of carbonyl (C=O) groups is 1. The molecule has 0 saturated heterocycles. The minimum atomic E-state index is -1.17. The Kier molecular flexibility index (Phi) is 4.21. The van der Waals surface area contributed by atoms with Crippen molar-refractivity contribution in [3.05, 3.63) is 28.2 Å². The number of carboxylic acid groups (broad SMARTS) is 1. The van der Waals surface area contributed by atoms with Crippen LogP contribution in [-0.4, -0.2) is 20.9 Å². The van der Waals surface area contributed by atoms with E-state index in [1.165, 1.54) is 12.1 Å². The van der Waals surface area contributed by atoms with Crippen molar-refractivity contribution in [1.29, 1.82) is 5.26 Å². The van der Waals surface area contributed by atoms with Gasteiger partial charge in [-0.2, -0.15) is 10.4 Å². The third-order valence-corrected chi connectivity index (χ3v) is 2.56. The van der Waals surface area contributed by atoms with E-state index in [2.05, 4.69) is 11.2 Å². The van der Waals surface area contributed by atoms with Crippen LogP contribution in [0.2, 0.25) is 0 Å². The SMILES string of the molecule is CC(C)(C#N)CCCn1nc(C(=O)O)ccc1=O. The number of aryl methyl sites for hydroxylation is 1. The summed E-state index contributed by atoms with van der Waals surface area (Å²) < 4.78 is 1.12. The molecule has 0 saturated carbocycles. The van der Waals surface area contributed by atoms with Crippen LogP contribution in [-0.2, 0) is 6.54 Å². The van der Waals surface area contributed by atoms with Gasteiger partial charge in [-0.15, -0.1) is 0 Å².